The van der Waals surface area contributed by atoms with E-state index in [0.29, 0.717) is 30.5 Å². The van der Waals surface area contributed by atoms with Gasteiger partial charge >= 0.3 is 5.97 Å². The fourth-order valence-electron chi connectivity index (χ4n) is 2.94. The summed E-state index contributed by atoms with van der Waals surface area (Å²) in [5.41, 5.74) is 0.738. The van der Waals surface area contributed by atoms with Crippen LogP contribution < -0.4 is 10.1 Å². The predicted octanol–water partition coefficient (Wildman–Crippen LogP) is 3.57. The minimum Gasteiger partial charge on any atom is -0.492 e. The van der Waals surface area contributed by atoms with E-state index in [1.165, 1.54) is 36.4 Å². The Morgan fingerprint density at radius 2 is 1.62 bits per heavy atom. The summed E-state index contributed by atoms with van der Waals surface area (Å²) in [5.74, 6) is -0.619. The van der Waals surface area contributed by atoms with Crippen LogP contribution in [0.3, 0.4) is 0 Å². The lowest BCUT2D eigenvalue weighted by atomic mass is 10.1. The molecule has 0 aliphatic carbocycles. The van der Waals surface area contributed by atoms with E-state index in [4.69, 9.17) is 21.4 Å². The van der Waals surface area contributed by atoms with E-state index in [0.717, 1.165) is 5.56 Å². The van der Waals surface area contributed by atoms with Gasteiger partial charge in [0.2, 0.25) is 9.84 Å². The van der Waals surface area contributed by atoms with Gasteiger partial charge in [0, 0.05) is 18.1 Å². The number of benzene rings is 3. The zero-order valence-corrected chi connectivity index (χ0v) is 18.5. The van der Waals surface area contributed by atoms with Gasteiger partial charge in [-0.05, 0) is 66.2 Å². The molecule has 0 unspecified atom stereocenters. The number of carboxylic acid groups (broad SMARTS) is 1. The molecule has 0 bridgehead atoms. The smallest absolute Gasteiger partial charge is 0.335 e. The zero-order valence-electron chi connectivity index (χ0n) is 16.9. The molecular formula is C23H22ClNO6S. The van der Waals surface area contributed by atoms with Gasteiger partial charge < -0.3 is 20.3 Å². The summed E-state index contributed by atoms with van der Waals surface area (Å²) in [6.45, 7) is 1.14. The zero-order chi connectivity index (χ0) is 23.1. The normalized spacial score (nSPS) is 12.3. The van der Waals surface area contributed by atoms with Crippen molar-refractivity contribution in [2.45, 2.75) is 15.9 Å². The molecule has 32 heavy (non-hydrogen) atoms. The molecule has 3 N–H and O–H groups in total. The third-order valence-electron chi connectivity index (χ3n) is 4.66. The van der Waals surface area contributed by atoms with Crippen LogP contribution in [0.2, 0.25) is 5.02 Å². The molecule has 3 rings (SSSR count). The number of sulfone groups is 1. The van der Waals surface area contributed by atoms with Crippen LogP contribution in [0.25, 0.3) is 0 Å². The van der Waals surface area contributed by atoms with E-state index in [-0.39, 0.29) is 15.4 Å². The highest BCUT2D eigenvalue weighted by Gasteiger charge is 2.18. The first-order chi connectivity index (χ1) is 15.3. The molecule has 1 atom stereocenters. The quantitative estimate of drug-likeness (QED) is 0.384. The molecule has 3 aromatic carbocycles. The molecule has 0 fully saturated rings. The number of hydrogen-bond acceptors (Lipinski definition) is 6. The Hall–Kier alpha value is -2.91. The van der Waals surface area contributed by atoms with Gasteiger partial charge in [0.1, 0.15) is 12.4 Å². The summed E-state index contributed by atoms with van der Waals surface area (Å²) in [6, 6.07) is 18.1. The third-order valence-corrected chi connectivity index (χ3v) is 6.68. The van der Waals surface area contributed by atoms with Crippen molar-refractivity contribution in [1.29, 1.82) is 0 Å². The van der Waals surface area contributed by atoms with Crippen LogP contribution in [0, 0.1) is 0 Å². The fourth-order valence-corrected chi connectivity index (χ4v) is 4.40. The minimum absolute atomic E-state index is 0.0126. The van der Waals surface area contributed by atoms with E-state index in [1.54, 1.807) is 36.4 Å². The summed E-state index contributed by atoms with van der Waals surface area (Å²) < 4.78 is 31.0. The largest absolute Gasteiger partial charge is 0.492 e. The summed E-state index contributed by atoms with van der Waals surface area (Å²) in [7, 11) is -3.76. The lowest BCUT2D eigenvalue weighted by Crippen LogP contribution is -2.26. The Labute approximate surface area is 191 Å². The Morgan fingerprint density at radius 1 is 1.00 bits per heavy atom. The van der Waals surface area contributed by atoms with Gasteiger partial charge in [-0.1, -0.05) is 23.7 Å². The topological polar surface area (TPSA) is 113 Å². The number of carboxylic acids is 1. The number of halogens is 1. The van der Waals surface area contributed by atoms with Crippen LogP contribution in [0.5, 0.6) is 5.75 Å². The molecule has 9 heteroatoms. The van der Waals surface area contributed by atoms with Gasteiger partial charge in [-0.15, -0.1) is 0 Å². The number of aromatic carboxylic acids is 1. The van der Waals surface area contributed by atoms with Crippen molar-refractivity contribution in [1.82, 2.24) is 5.32 Å². The van der Waals surface area contributed by atoms with Crippen molar-refractivity contribution in [3.05, 3.63) is 88.9 Å². The lowest BCUT2D eigenvalue weighted by molar-refractivity contribution is 0.0696. The van der Waals surface area contributed by atoms with Crippen LogP contribution in [-0.2, 0) is 9.84 Å². The van der Waals surface area contributed by atoms with Crippen LogP contribution in [0.4, 0.5) is 0 Å². The average molecular weight is 476 g/mol. The number of ether oxygens (including phenoxy) is 1. The number of rotatable bonds is 10. The van der Waals surface area contributed by atoms with Gasteiger partial charge in [0.05, 0.1) is 21.5 Å². The van der Waals surface area contributed by atoms with Crippen LogP contribution >= 0.6 is 11.6 Å². The summed E-state index contributed by atoms with van der Waals surface area (Å²) in [4.78, 5) is 11.0. The molecule has 7 nitrogen and oxygen atoms in total. The van der Waals surface area contributed by atoms with Gasteiger partial charge in [-0.2, -0.15) is 0 Å². The van der Waals surface area contributed by atoms with Crippen LogP contribution in [0.1, 0.15) is 22.0 Å². The third kappa shape index (κ3) is 6.08. The van der Waals surface area contributed by atoms with Crippen molar-refractivity contribution in [3.8, 4) is 5.75 Å². The highest BCUT2D eigenvalue weighted by atomic mass is 35.5. The van der Waals surface area contributed by atoms with E-state index in [1.807, 2.05) is 0 Å². The second kappa shape index (κ2) is 10.6. The number of hydrogen-bond donors (Lipinski definition) is 3. The van der Waals surface area contributed by atoms with Crippen molar-refractivity contribution in [2.75, 3.05) is 19.7 Å². The van der Waals surface area contributed by atoms with Crippen LogP contribution in [-0.4, -0.2) is 44.3 Å². The molecule has 0 radical (unpaired) electrons. The molecule has 0 aromatic heterocycles. The van der Waals surface area contributed by atoms with Gasteiger partial charge in [0.15, 0.2) is 0 Å². The summed E-state index contributed by atoms with van der Waals surface area (Å²) in [6.07, 6.45) is -0.692. The molecule has 0 heterocycles. The van der Waals surface area contributed by atoms with Crippen molar-refractivity contribution in [3.63, 3.8) is 0 Å². The maximum absolute atomic E-state index is 12.7. The molecule has 0 aliphatic heterocycles. The second-order valence-electron chi connectivity index (χ2n) is 6.93. The van der Waals surface area contributed by atoms with E-state index in [9.17, 15) is 18.3 Å². The molecule has 0 saturated carbocycles. The highest BCUT2D eigenvalue weighted by molar-refractivity contribution is 7.91. The fraction of sp³-hybridized carbons (Fsp3) is 0.174. The Morgan fingerprint density at radius 3 is 2.22 bits per heavy atom. The summed E-state index contributed by atoms with van der Waals surface area (Å²) in [5, 5.41) is 22.7. The van der Waals surface area contributed by atoms with Crippen molar-refractivity contribution >= 4 is 27.4 Å². The second-order valence-corrected chi connectivity index (χ2v) is 9.31. The average Bonchev–Trinajstić information content (AvgIpc) is 2.79. The monoisotopic (exact) mass is 475 g/mol. The molecule has 0 spiro atoms. The Bertz CT molecular complexity index is 1160. The first kappa shape index (κ1) is 23.7. The highest BCUT2D eigenvalue weighted by Crippen LogP contribution is 2.23. The molecular weight excluding hydrogens is 454 g/mol. The number of nitrogens with one attached hydrogen (secondary N) is 1. The Kier molecular flexibility index (Phi) is 7.87. The van der Waals surface area contributed by atoms with E-state index in [2.05, 4.69) is 5.32 Å². The lowest BCUT2D eigenvalue weighted by Gasteiger charge is -2.13. The minimum atomic E-state index is -3.76. The predicted molar refractivity (Wildman–Crippen MR) is 120 cm³/mol. The standard InChI is InChI=1S/C23H22ClNO6S/c24-18-3-1-2-17(14-18)22(26)15-25-12-13-31-19-6-10-21(11-7-19)32(29,30)20-8-4-16(5-9-20)23(27)28/h1-11,14,22,25-26H,12-13,15H2,(H,27,28)/t22-/m1/s1. The summed E-state index contributed by atoms with van der Waals surface area (Å²) >= 11 is 5.92. The first-order valence-electron chi connectivity index (χ1n) is 9.73. The van der Waals surface area contributed by atoms with E-state index < -0.39 is 21.9 Å². The maximum atomic E-state index is 12.7. The maximum Gasteiger partial charge on any atom is 0.335 e. The number of aliphatic hydroxyl groups is 1. The molecule has 0 aliphatic rings. The van der Waals surface area contributed by atoms with Crippen molar-refractivity contribution < 1.29 is 28.2 Å². The number of carbonyl (C=O) groups is 1. The SMILES string of the molecule is O=C(O)c1ccc(S(=O)(=O)c2ccc(OCCNC[C@@H](O)c3cccc(Cl)c3)cc2)cc1. The first-order valence-corrected chi connectivity index (χ1v) is 11.6. The van der Waals surface area contributed by atoms with Gasteiger partial charge in [-0.25, -0.2) is 13.2 Å². The van der Waals surface area contributed by atoms with Crippen molar-refractivity contribution in [2.24, 2.45) is 0 Å². The molecule has 0 amide bonds. The molecule has 168 valence electrons. The molecule has 0 saturated heterocycles. The van der Waals surface area contributed by atoms with Gasteiger partial charge in [-0.3, -0.25) is 0 Å². The van der Waals surface area contributed by atoms with E-state index >= 15 is 0 Å². The molecule has 3 aromatic rings. The number of aliphatic hydroxyl groups excluding tert-OH is 1. The van der Waals surface area contributed by atoms with Gasteiger partial charge in [0.25, 0.3) is 0 Å². The Balaban J connectivity index is 1.49. The van der Waals surface area contributed by atoms with Crippen LogP contribution in [0.15, 0.2) is 82.6 Å².